The van der Waals surface area contributed by atoms with Crippen molar-refractivity contribution in [2.24, 2.45) is 0 Å². The number of aliphatic hydroxyl groups excluding tert-OH is 1. The Kier molecular flexibility index (Phi) is 12.7. The Labute approximate surface area is 236 Å². The molecule has 2 saturated heterocycles. The van der Waals surface area contributed by atoms with Crippen LogP contribution in [0.15, 0.2) is 24.3 Å². The first kappa shape index (κ1) is 32.0. The largest absolute Gasteiger partial charge is 0.387 e. The van der Waals surface area contributed by atoms with Gasteiger partial charge in [0.05, 0.1) is 6.42 Å². The smallest absolute Gasteiger partial charge is 0.224 e. The fraction of sp³-hybridized carbons (Fsp3) is 0.781. The number of hydrogen-bond acceptors (Lipinski definition) is 6. The standard InChI is InChI=1S/C32H53NO6/c1-6-7-8-9-10-11-12-13-14-15-20-36-23-32-30(38-31(4,5)39-32)29(35)27(37-32)22-33-28(34)21-25-16-18-26(19-17-25)24(2)3/h16-19,24,27,29-30,35H,6-15,20-23H2,1-5H3,(H,33,34)/t27-,29+,30-,32-/m0/s1. The third kappa shape index (κ3) is 9.82. The van der Waals surface area contributed by atoms with Crippen molar-refractivity contribution in [3.05, 3.63) is 35.4 Å². The predicted octanol–water partition coefficient (Wildman–Crippen LogP) is 6.01. The van der Waals surface area contributed by atoms with Gasteiger partial charge in [-0.1, -0.05) is 103 Å². The summed E-state index contributed by atoms with van der Waals surface area (Å²) in [5, 5.41) is 13.9. The lowest BCUT2D eigenvalue weighted by Crippen LogP contribution is -2.45. The van der Waals surface area contributed by atoms with Crippen LogP contribution in [-0.4, -0.2) is 60.7 Å². The van der Waals surface area contributed by atoms with Crippen LogP contribution < -0.4 is 5.32 Å². The Bertz CT molecular complexity index is 857. The number of rotatable bonds is 18. The minimum atomic E-state index is -1.18. The first-order valence-electron chi connectivity index (χ1n) is 15.3. The van der Waals surface area contributed by atoms with Gasteiger partial charge in [0.25, 0.3) is 0 Å². The van der Waals surface area contributed by atoms with Crippen LogP contribution >= 0.6 is 0 Å². The molecule has 2 N–H and O–H groups in total. The highest BCUT2D eigenvalue weighted by Crippen LogP contribution is 2.45. The zero-order valence-electron chi connectivity index (χ0n) is 25.0. The van der Waals surface area contributed by atoms with Crippen LogP contribution in [0.1, 0.15) is 116 Å². The van der Waals surface area contributed by atoms with Crippen molar-refractivity contribution in [2.75, 3.05) is 19.8 Å². The van der Waals surface area contributed by atoms with E-state index in [9.17, 15) is 9.90 Å². The fourth-order valence-electron chi connectivity index (χ4n) is 5.53. The second-order valence-corrected chi connectivity index (χ2v) is 12.1. The molecule has 0 radical (unpaired) electrons. The monoisotopic (exact) mass is 547 g/mol. The third-order valence-electron chi connectivity index (χ3n) is 7.76. The molecule has 2 fully saturated rings. The molecule has 7 nitrogen and oxygen atoms in total. The molecule has 7 heteroatoms. The Hall–Kier alpha value is -1.51. The normalized spacial score (nSPS) is 25.8. The molecular formula is C32H53NO6. The highest BCUT2D eigenvalue weighted by atomic mass is 16.9. The first-order chi connectivity index (χ1) is 18.7. The lowest BCUT2D eigenvalue weighted by atomic mass is 10.0. The van der Waals surface area contributed by atoms with E-state index in [1.165, 1.54) is 56.9 Å². The fourth-order valence-corrected chi connectivity index (χ4v) is 5.53. The van der Waals surface area contributed by atoms with E-state index in [4.69, 9.17) is 18.9 Å². The van der Waals surface area contributed by atoms with Gasteiger partial charge in [-0.3, -0.25) is 4.79 Å². The second-order valence-electron chi connectivity index (χ2n) is 12.1. The highest BCUT2D eigenvalue weighted by molar-refractivity contribution is 5.78. The van der Waals surface area contributed by atoms with Crippen LogP contribution in [-0.2, 0) is 30.2 Å². The first-order valence-corrected chi connectivity index (χ1v) is 15.3. The van der Waals surface area contributed by atoms with Crippen molar-refractivity contribution in [3.63, 3.8) is 0 Å². The molecule has 0 aromatic heterocycles. The summed E-state index contributed by atoms with van der Waals surface area (Å²) in [7, 11) is 0. The molecule has 3 rings (SSSR count). The molecule has 0 aliphatic carbocycles. The number of aliphatic hydroxyl groups is 1. The zero-order valence-corrected chi connectivity index (χ0v) is 25.0. The van der Waals surface area contributed by atoms with E-state index < -0.39 is 29.9 Å². The van der Waals surface area contributed by atoms with Gasteiger partial charge in [0.1, 0.15) is 24.9 Å². The van der Waals surface area contributed by atoms with E-state index in [0.29, 0.717) is 12.5 Å². The lowest BCUT2D eigenvalue weighted by Gasteiger charge is -2.28. The summed E-state index contributed by atoms with van der Waals surface area (Å²) in [5.74, 6) is -1.73. The van der Waals surface area contributed by atoms with Crippen LogP contribution in [0.5, 0.6) is 0 Å². The Morgan fingerprint density at radius 3 is 2.21 bits per heavy atom. The maximum absolute atomic E-state index is 12.6. The van der Waals surface area contributed by atoms with E-state index in [-0.39, 0.29) is 25.5 Å². The van der Waals surface area contributed by atoms with Crippen LogP contribution in [0.3, 0.4) is 0 Å². The second kappa shape index (κ2) is 15.5. The Morgan fingerprint density at radius 2 is 1.59 bits per heavy atom. The maximum atomic E-state index is 12.6. The summed E-state index contributed by atoms with van der Waals surface area (Å²) in [6.07, 6.45) is 10.7. The number of carbonyl (C=O) groups is 1. The third-order valence-corrected chi connectivity index (χ3v) is 7.76. The molecule has 0 unspecified atom stereocenters. The molecule has 1 amide bonds. The SMILES string of the molecule is CCCCCCCCCCCCOC[C@@]12O[C@@H](CNC(=O)Cc3ccc(C(C)C)cc3)[C@@H](O)[C@@H]1OC(C)(C)O2. The quantitative estimate of drug-likeness (QED) is 0.219. The summed E-state index contributed by atoms with van der Waals surface area (Å²) >= 11 is 0. The van der Waals surface area contributed by atoms with Gasteiger partial charge in [-0.25, -0.2) is 0 Å². The number of carbonyl (C=O) groups excluding carboxylic acids is 1. The van der Waals surface area contributed by atoms with E-state index in [0.717, 1.165) is 18.4 Å². The van der Waals surface area contributed by atoms with Crippen molar-refractivity contribution in [2.45, 2.75) is 141 Å². The molecule has 0 bridgehead atoms. The molecule has 222 valence electrons. The van der Waals surface area contributed by atoms with Gasteiger partial charge in [0.2, 0.25) is 11.7 Å². The van der Waals surface area contributed by atoms with Gasteiger partial charge in [0, 0.05) is 13.2 Å². The lowest BCUT2D eigenvalue weighted by molar-refractivity contribution is -0.277. The van der Waals surface area contributed by atoms with Gasteiger partial charge in [0.15, 0.2) is 5.79 Å². The maximum Gasteiger partial charge on any atom is 0.224 e. The van der Waals surface area contributed by atoms with Crippen molar-refractivity contribution in [3.8, 4) is 0 Å². The van der Waals surface area contributed by atoms with Gasteiger partial charge >= 0.3 is 0 Å². The van der Waals surface area contributed by atoms with Crippen LogP contribution in [0, 0.1) is 0 Å². The number of benzene rings is 1. The number of amides is 1. The van der Waals surface area contributed by atoms with Crippen molar-refractivity contribution in [1.82, 2.24) is 5.32 Å². The number of fused-ring (bicyclic) bond motifs is 1. The highest BCUT2D eigenvalue weighted by Gasteiger charge is 2.64. The van der Waals surface area contributed by atoms with Gasteiger partial charge < -0.3 is 29.4 Å². The number of unbranched alkanes of at least 4 members (excludes halogenated alkanes) is 9. The average molecular weight is 548 g/mol. The van der Waals surface area contributed by atoms with E-state index in [1.54, 1.807) is 0 Å². The van der Waals surface area contributed by atoms with E-state index in [1.807, 2.05) is 26.0 Å². The minimum Gasteiger partial charge on any atom is -0.387 e. The minimum absolute atomic E-state index is 0.117. The van der Waals surface area contributed by atoms with Crippen molar-refractivity contribution >= 4 is 5.91 Å². The molecule has 39 heavy (non-hydrogen) atoms. The molecule has 0 spiro atoms. The van der Waals surface area contributed by atoms with Crippen LogP contribution in [0.2, 0.25) is 0 Å². The van der Waals surface area contributed by atoms with Crippen molar-refractivity contribution in [1.29, 1.82) is 0 Å². The molecule has 1 aromatic carbocycles. The van der Waals surface area contributed by atoms with E-state index in [2.05, 4.69) is 38.2 Å². The van der Waals surface area contributed by atoms with Gasteiger partial charge in [-0.2, -0.15) is 0 Å². The summed E-state index contributed by atoms with van der Waals surface area (Å²) in [6, 6.07) is 8.11. The molecule has 0 saturated carbocycles. The molecule has 4 atom stereocenters. The molecule has 1 aromatic rings. The summed E-state index contributed by atoms with van der Waals surface area (Å²) in [4.78, 5) is 12.6. The van der Waals surface area contributed by atoms with Crippen molar-refractivity contribution < 1.29 is 28.8 Å². The number of nitrogens with one attached hydrogen (secondary N) is 1. The summed E-state index contributed by atoms with van der Waals surface area (Å²) in [6.45, 7) is 11.1. The summed E-state index contributed by atoms with van der Waals surface area (Å²) < 4.78 is 24.4. The van der Waals surface area contributed by atoms with Crippen LogP contribution in [0.25, 0.3) is 0 Å². The van der Waals surface area contributed by atoms with Gasteiger partial charge in [-0.15, -0.1) is 0 Å². The van der Waals surface area contributed by atoms with E-state index >= 15 is 0 Å². The number of ether oxygens (including phenoxy) is 4. The van der Waals surface area contributed by atoms with Crippen LogP contribution in [0.4, 0.5) is 0 Å². The molecule has 2 aliphatic heterocycles. The molecule has 2 heterocycles. The Morgan fingerprint density at radius 1 is 0.974 bits per heavy atom. The summed E-state index contributed by atoms with van der Waals surface area (Å²) in [5.41, 5.74) is 2.20. The molecular weight excluding hydrogens is 494 g/mol. The average Bonchev–Trinajstić information content (AvgIpc) is 3.30. The Balaban J connectivity index is 1.38. The van der Waals surface area contributed by atoms with Gasteiger partial charge in [-0.05, 0) is 37.3 Å². The predicted molar refractivity (Wildman–Crippen MR) is 154 cm³/mol. The molecule has 2 aliphatic rings. The topological polar surface area (TPSA) is 86.3 Å². The zero-order chi connectivity index (χ0) is 28.3. The number of hydrogen-bond donors (Lipinski definition) is 2.